The van der Waals surface area contributed by atoms with E-state index in [9.17, 15) is 4.79 Å². The van der Waals surface area contributed by atoms with Crippen molar-refractivity contribution in [2.45, 2.75) is 52.3 Å². The van der Waals surface area contributed by atoms with E-state index in [1.54, 1.807) is 0 Å². The van der Waals surface area contributed by atoms with E-state index < -0.39 is 5.60 Å². The molecule has 0 saturated carbocycles. The van der Waals surface area contributed by atoms with Gasteiger partial charge in [0.15, 0.2) is 0 Å². The van der Waals surface area contributed by atoms with Gasteiger partial charge < -0.3 is 10.1 Å². The molecule has 3 aromatic carbocycles. The standard InChI is InChI=1S/C31H40N2O2/c1-31(2,3)35-30(34)29(22-32-21-13-20-26-14-7-4-8-15-26)25-33(23-27-16-9-5-10-17-27)24-28-18-11-6-12-19-28/h4-12,14-19,29,32H,13,20-25H2,1-3H3. The summed E-state index contributed by atoms with van der Waals surface area (Å²) in [6.45, 7) is 9.45. The van der Waals surface area contributed by atoms with Crippen LogP contribution in [0.3, 0.4) is 0 Å². The molecule has 4 nitrogen and oxygen atoms in total. The molecule has 0 aliphatic heterocycles. The highest BCUT2D eigenvalue weighted by atomic mass is 16.6. The van der Waals surface area contributed by atoms with E-state index >= 15 is 0 Å². The average Bonchev–Trinajstić information content (AvgIpc) is 2.84. The lowest BCUT2D eigenvalue weighted by Crippen LogP contribution is -2.41. The van der Waals surface area contributed by atoms with Gasteiger partial charge in [-0.25, -0.2) is 0 Å². The fourth-order valence-corrected chi connectivity index (χ4v) is 4.13. The van der Waals surface area contributed by atoms with Crippen LogP contribution in [0.15, 0.2) is 91.0 Å². The highest BCUT2D eigenvalue weighted by Gasteiger charge is 2.27. The zero-order valence-corrected chi connectivity index (χ0v) is 21.5. The molecule has 0 aromatic heterocycles. The maximum atomic E-state index is 13.2. The van der Waals surface area contributed by atoms with Gasteiger partial charge >= 0.3 is 5.97 Å². The van der Waals surface area contributed by atoms with Crippen LogP contribution >= 0.6 is 0 Å². The lowest BCUT2D eigenvalue weighted by Gasteiger charge is -2.29. The predicted octanol–water partition coefficient (Wildman–Crippen LogP) is 5.87. The van der Waals surface area contributed by atoms with Crippen molar-refractivity contribution >= 4 is 5.97 Å². The molecule has 0 aliphatic rings. The van der Waals surface area contributed by atoms with Gasteiger partial charge in [0.25, 0.3) is 0 Å². The van der Waals surface area contributed by atoms with Gasteiger partial charge in [0, 0.05) is 26.2 Å². The fourth-order valence-electron chi connectivity index (χ4n) is 4.13. The summed E-state index contributed by atoms with van der Waals surface area (Å²) in [6, 6.07) is 31.4. The van der Waals surface area contributed by atoms with Crippen LogP contribution in [-0.2, 0) is 29.0 Å². The van der Waals surface area contributed by atoms with Crippen LogP contribution in [-0.4, -0.2) is 36.1 Å². The lowest BCUT2D eigenvalue weighted by atomic mass is 10.1. The van der Waals surface area contributed by atoms with Crippen LogP contribution in [0, 0.1) is 5.92 Å². The quantitative estimate of drug-likeness (QED) is 0.250. The van der Waals surface area contributed by atoms with Gasteiger partial charge in [0.05, 0.1) is 5.92 Å². The van der Waals surface area contributed by atoms with E-state index in [-0.39, 0.29) is 11.9 Å². The Balaban J connectivity index is 1.65. The second-order valence-corrected chi connectivity index (χ2v) is 10.2. The third-order valence-corrected chi connectivity index (χ3v) is 5.77. The summed E-state index contributed by atoms with van der Waals surface area (Å²) in [6.07, 6.45) is 2.06. The summed E-state index contributed by atoms with van der Waals surface area (Å²) in [5, 5.41) is 3.53. The number of esters is 1. The minimum atomic E-state index is -0.508. The van der Waals surface area contributed by atoms with Crippen molar-refractivity contribution in [2.24, 2.45) is 5.92 Å². The van der Waals surface area contributed by atoms with Gasteiger partial charge in [-0.15, -0.1) is 0 Å². The number of nitrogens with one attached hydrogen (secondary N) is 1. The summed E-state index contributed by atoms with van der Waals surface area (Å²) < 4.78 is 5.82. The molecule has 0 aliphatic carbocycles. The highest BCUT2D eigenvalue weighted by molar-refractivity contribution is 5.73. The molecule has 35 heavy (non-hydrogen) atoms. The molecule has 0 fully saturated rings. The maximum Gasteiger partial charge on any atom is 0.312 e. The maximum absolute atomic E-state index is 13.2. The Kier molecular flexibility index (Phi) is 10.5. The number of ether oxygens (including phenoxy) is 1. The molecule has 3 aromatic rings. The van der Waals surface area contributed by atoms with Gasteiger partial charge in [0.2, 0.25) is 0 Å². The van der Waals surface area contributed by atoms with E-state index in [1.165, 1.54) is 16.7 Å². The molecular formula is C31H40N2O2. The lowest BCUT2D eigenvalue weighted by molar-refractivity contribution is -0.160. The van der Waals surface area contributed by atoms with Crippen LogP contribution < -0.4 is 5.32 Å². The Labute approximate surface area is 211 Å². The number of carbonyl (C=O) groups is 1. The molecule has 1 unspecified atom stereocenters. The Morgan fingerprint density at radius 3 is 1.77 bits per heavy atom. The Hall–Kier alpha value is -2.95. The Bertz CT molecular complexity index is 943. The van der Waals surface area contributed by atoms with Crippen LogP contribution in [0.4, 0.5) is 0 Å². The first-order valence-corrected chi connectivity index (χ1v) is 12.7. The van der Waals surface area contributed by atoms with E-state index in [4.69, 9.17) is 4.74 Å². The highest BCUT2D eigenvalue weighted by Crippen LogP contribution is 2.16. The van der Waals surface area contributed by atoms with E-state index in [1.807, 2.05) is 39.0 Å². The molecule has 3 rings (SSSR count). The first-order chi connectivity index (χ1) is 16.9. The molecule has 4 heteroatoms. The zero-order chi connectivity index (χ0) is 24.9. The fraction of sp³-hybridized carbons (Fsp3) is 0.387. The number of aryl methyl sites for hydroxylation is 1. The number of hydrogen-bond acceptors (Lipinski definition) is 4. The Morgan fingerprint density at radius 1 is 0.800 bits per heavy atom. The molecule has 0 heterocycles. The monoisotopic (exact) mass is 472 g/mol. The SMILES string of the molecule is CC(C)(C)OC(=O)C(CNCCCc1ccccc1)CN(Cc1ccccc1)Cc1ccccc1. The van der Waals surface area contributed by atoms with E-state index in [0.717, 1.165) is 32.5 Å². The smallest absolute Gasteiger partial charge is 0.312 e. The van der Waals surface area contributed by atoms with Crippen molar-refractivity contribution in [3.63, 3.8) is 0 Å². The summed E-state index contributed by atoms with van der Waals surface area (Å²) in [4.78, 5) is 15.5. The number of rotatable bonds is 13. The van der Waals surface area contributed by atoms with Gasteiger partial charge in [0.1, 0.15) is 5.60 Å². The third kappa shape index (κ3) is 10.5. The van der Waals surface area contributed by atoms with Crippen molar-refractivity contribution in [2.75, 3.05) is 19.6 Å². The number of nitrogens with zero attached hydrogens (tertiary/aromatic N) is 1. The van der Waals surface area contributed by atoms with Crippen molar-refractivity contribution in [3.05, 3.63) is 108 Å². The first kappa shape index (κ1) is 26.7. The second kappa shape index (κ2) is 13.8. The number of benzene rings is 3. The van der Waals surface area contributed by atoms with Crippen LogP contribution in [0.2, 0.25) is 0 Å². The van der Waals surface area contributed by atoms with E-state index in [2.05, 4.69) is 83.0 Å². The van der Waals surface area contributed by atoms with Gasteiger partial charge in [-0.3, -0.25) is 9.69 Å². The van der Waals surface area contributed by atoms with Gasteiger partial charge in [-0.05, 0) is 56.8 Å². The normalized spacial score (nSPS) is 12.5. The third-order valence-electron chi connectivity index (χ3n) is 5.77. The summed E-state index contributed by atoms with van der Waals surface area (Å²) in [5.74, 6) is -0.391. The van der Waals surface area contributed by atoms with Crippen molar-refractivity contribution in [1.82, 2.24) is 10.2 Å². The molecule has 0 amide bonds. The predicted molar refractivity (Wildman–Crippen MR) is 144 cm³/mol. The molecule has 1 N–H and O–H groups in total. The molecular weight excluding hydrogens is 432 g/mol. The van der Waals surface area contributed by atoms with Crippen molar-refractivity contribution < 1.29 is 9.53 Å². The summed E-state index contributed by atoms with van der Waals surface area (Å²) >= 11 is 0. The number of hydrogen-bond donors (Lipinski definition) is 1. The van der Waals surface area contributed by atoms with Crippen LogP contribution in [0.1, 0.15) is 43.9 Å². The summed E-state index contributed by atoms with van der Waals surface area (Å²) in [5.41, 5.74) is 3.31. The molecule has 0 bridgehead atoms. The van der Waals surface area contributed by atoms with Gasteiger partial charge in [-0.2, -0.15) is 0 Å². The van der Waals surface area contributed by atoms with Crippen LogP contribution in [0.25, 0.3) is 0 Å². The summed E-state index contributed by atoms with van der Waals surface area (Å²) in [7, 11) is 0. The second-order valence-electron chi connectivity index (χ2n) is 10.2. The topological polar surface area (TPSA) is 41.6 Å². The molecule has 0 radical (unpaired) electrons. The Morgan fingerprint density at radius 2 is 1.29 bits per heavy atom. The molecule has 1 atom stereocenters. The largest absolute Gasteiger partial charge is 0.460 e. The zero-order valence-electron chi connectivity index (χ0n) is 21.5. The average molecular weight is 473 g/mol. The van der Waals surface area contributed by atoms with E-state index in [0.29, 0.717) is 13.1 Å². The minimum absolute atomic E-state index is 0.140. The van der Waals surface area contributed by atoms with Crippen molar-refractivity contribution in [1.29, 1.82) is 0 Å². The molecule has 186 valence electrons. The van der Waals surface area contributed by atoms with Gasteiger partial charge in [-0.1, -0.05) is 91.0 Å². The minimum Gasteiger partial charge on any atom is -0.460 e. The molecule has 0 saturated heterocycles. The van der Waals surface area contributed by atoms with Crippen molar-refractivity contribution in [3.8, 4) is 0 Å². The molecule has 0 spiro atoms. The first-order valence-electron chi connectivity index (χ1n) is 12.7. The van der Waals surface area contributed by atoms with Crippen LogP contribution in [0.5, 0.6) is 0 Å². The number of carbonyl (C=O) groups excluding carboxylic acids is 1.